The van der Waals surface area contributed by atoms with E-state index in [0.29, 0.717) is 32.4 Å². The summed E-state index contributed by atoms with van der Waals surface area (Å²) in [6, 6.07) is 0.830. The summed E-state index contributed by atoms with van der Waals surface area (Å²) in [6.45, 7) is 0.141. The number of alkyl halides is 3. The topological polar surface area (TPSA) is 137 Å². The third-order valence-electron chi connectivity index (χ3n) is 5.16. The fraction of sp³-hybridized carbons (Fsp3) is 0.667. The molecule has 0 aromatic heterocycles. The summed E-state index contributed by atoms with van der Waals surface area (Å²) >= 11 is 0. The van der Waals surface area contributed by atoms with E-state index < -0.39 is 69.3 Å². The van der Waals surface area contributed by atoms with Crippen molar-refractivity contribution in [3.63, 3.8) is 0 Å². The van der Waals surface area contributed by atoms with Gasteiger partial charge in [-0.2, -0.15) is 17.5 Å². The van der Waals surface area contributed by atoms with Crippen LogP contribution in [0, 0.1) is 10.1 Å². The molecule has 0 saturated carbocycles. The van der Waals surface area contributed by atoms with Gasteiger partial charge in [0.05, 0.1) is 42.6 Å². The van der Waals surface area contributed by atoms with Crippen LogP contribution in [-0.2, 0) is 20.9 Å². The molecule has 11 nitrogen and oxygen atoms in total. The minimum atomic E-state index is -5.14. The zero-order chi connectivity index (χ0) is 24.8. The highest BCUT2D eigenvalue weighted by Gasteiger charge is 2.41. The fourth-order valence-electron chi connectivity index (χ4n) is 3.41. The molecule has 0 amide bonds. The molecule has 1 fully saturated rings. The van der Waals surface area contributed by atoms with Crippen LogP contribution in [0.15, 0.2) is 17.0 Å². The zero-order valence-electron chi connectivity index (χ0n) is 18.0. The molecule has 0 aliphatic carbocycles. The van der Waals surface area contributed by atoms with Crippen molar-refractivity contribution in [1.82, 2.24) is 9.21 Å². The molecule has 1 saturated heterocycles. The Balaban J connectivity index is 2.61. The molecule has 2 rings (SSSR count). The summed E-state index contributed by atoms with van der Waals surface area (Å²) in [5.74, 6) is 0. The van der Waals surface area contributed by atoms with E-state index in [2.05, 4.69) is 0 Å². The average molecular weight is 500 g/mol. The number of non-ortho nitro benzene ring substituents is 1. The first-order valence-electron chi connectivity index (χ1n) is 10.1. The monoisotopic (exact) mass is 500 g/mol. The predicted molar refractivity (Wildman–Crippen MR) is 112 cm³/mol. The first-order chi connectivity index (χ1) is 15.4. The van der Waals surface area contributed by atoms with E-state index in [9.17, 15) is 41.9 Å². The van der Waals surface area contributed by atoms with Gasteiger partial charge in [0.1, 0.15) is 4.90 Å². The standard InChI is InChI=1S/C18H27F3N4O7S/c1-22(2-3-23-6-10-32-11-7-23)33(30,31)16-13-14(25(28)29)12-15(18(19,20)21)17(16)24(4-8-26)5-9-27/h12-13,26-27H,2-11H2,1H3. The Hall–Kier alpha value is -2.04. The maximum atomic E-state index is 13.9. The van der Waals surface area contributed by atoms with Crippen LogP contribution < -0.4 is 4.90 Å². The second-order valence-electron chi connectivity index (χ2n) is 7.31. The molecule has 0 radical (unpaired) electrons. The number of hydrogen-bond donors (Lipinski definition) is 2. The first kappa shape index (κ1) is 27.2. The Morgan fingerprint density at radius 3 is 2.21 bits per heavy atom. The van der Waals surface area contributed by atoms with E-state index >= 15 is 0 Å². The maximum absolute atomic E-state index is 13.9. The molecule has 1 aliphatic heterocycles. The molecule has 0 bridgehead atoms. The summed E-state index contributed by atoms with van der Waals surface area (Å²) in [6.07, 6.45) is -5.14. The molecule has 1 heterocycles. The summed E-state index contributed by atoms with van der Waals surface area (Å²) < 4.78 is 74.4. The number of aliphatic hydroxyl groups excluding tert-OH is 2. The van der Waals surface area contributed by atoms with E-state index in [-0.39, 0.29) is 19.2 Å². The van der Waals surface area contributed by atoms with E-state index in [4.69, 9.17) is 4.74 Å². The van der Waals surface area contributed by atoms with Crippen molar-refractivity contribution < 1.29 is 41.5 Å². The lowest BCUT2D eigenvalue weighted by molar-refractivity contribution is -0.385. The van der Waals surface area contributed by atoms with Gasteiger partial charge in [0, 0.05) is 58.4 Å². The average Bonchev–Trinajstić information content (AvgIpc) is 2.76. The van der Waals surface area contributed by atoms with Crippen molar-refractivity contribution in [3.8, 4) is 0 Å². The molecule has 1 aliphatic rings. The SMILES string of the molecule is CN(CCN1CCOCC1)S(=O)(=O)c1cc([N+](=O)[O-])cc(C(F)(F)F)c1N(CCO)CCO. The van der Waals surface area contributed by atoms with Crippen LogP contribution in [0.3, 0.4) is 0 Å². The van der Waals surface area contributed by atoms with Gasteiger partial charge in [-0.05, 0) is 0 Å². The Bertz CT molecular complexity index is 918. The molecule has 33 heavy (non-hydrogen) atoms. The molecule has 0 unspecified atom stereocenters. The number of aliphatic hydroxyl groups is 2. The number of anilines is 1. The van der Waals surface area contributed by atoms with Crippen LogP contribution in [-0.4, -0.2) is 106 Å². The predicted octanol–water partition coefficient (Wildman–Crippen LogP) is 0.357. The highest BCUT2D eigenvalue weighted by Crippen LogP contribution is 2.43. The number of likely N-dealkylation sites (N-methyl/N-ethyl adjacent to an activating group) is 1. The Labute approximate surface area is 189 Å². The maximum Gasteiger partial charge on any atom is 0.418 e. The van der Waals surface area contributed by atoms with Crippen molar-refractivity contribution >= 4 is 21.4 Å². The second-order valence-corrected chi connectivity index (χ2v) is 9.32. The van der Waals surface area contributed by atoms with E-state index in [1.807, 2.05) is 4.90 Å². The smallest absolute Gasteiger partial charge is 0.395 e. The van der Waals surface area contributed by atoms with Gasteiger partial charge >= 0.3 is 6.18 Å². The van der Waals surface area contributed by atoms with Gasteiger partial charge in [-0.1, -0.05) is 0 Å². The summed E-state index contributed by atoms with van der Waals surface area (Å²) in [4.78, 5) is 12.1. The summed E-state index contributed by atoms with van der Waals surface area (Å²) in [7, 11) is -3.45. The molecular formula is C18H27F3N4O7S. The van der Waals surface area contributed by atoms with Crippen LogP contribution in [0.25, 0.3) is 0 Å². The normalized spacial score (nSPS) is 15.7. The molecule has 1 aromatic carbocycles. The molecule has 0 spiro atoms. The lowest BCUT2D eigenvalue weighted by atomic mass is 10.1. The zero-order valence-corrected chi connectivity index (χ0v) is 18.8. The van der Waals surface area contributed by atoms with Crippen LogP contribution in [0.2, 0.25) is 0 Å². The molecular weight excluding hydrogens is 473 g/mol. The van der Waals surface area contributed by atoms with Crippen molar-refractivity contribution in [3.05, 3.63) is 27.8 Å². The number of nitro groups is 1. The van der Waals surface area contributed by atoms with Gasteiger partial charge in [0.2, 0.25) is 10.0 Å². The van der Waals surface area contributed by atoms with Gasteiger partial charge in [-0.3, -0.25) is 15.0 Å². The molecule has 0 atom stereocenters. The first-order valence-corrected chi connectivity index (χ1v) is 11.5. The number of ether oxygens (including phenoxy) is 1. The minimum absolute atomic E-state index is 0.0776. The molecule has 188 valence electrons. The fourth-order valence-corrected chi connectivity index (χ4v) is 4.82. The van der Waals surface area contributed by atoms with Crippen LogP contribution in [0.1, 0.15) is 5.56 Å². The number of benzene rings is 1. The van der Waals surface area contributed by atoms with Crippen molar-refractivity contribution in [1.29, 1.82) is 0 Å². The van der Waals surface area contributed by atoms with E-state index in [1.165, 1.54) is 7.05 Å². The number of rotatable bonds is 11. The second kappa shape index (κ2) is 11.4. The third kappa shape index (κ3) is 6.74. The Morgan fingerprint density at radius 1 is 1.15 bits per heavy atom. The van der Waals surface area contributed by atoms with Crippen molar-refractivity contribution in [2.45, 2.75) is 11.1 Å². The Morgan fingerprint density at radius 2 is 1.73 bits per heavy atom. The van der Waals surface area contributed by atoms with Crippen LogP contribution in [0.5, 0.6) is 0 Å². The number of sulfonamides is 1. The van der Waals surface area contributed by atoms with Crippen molar-refractivity contribution in [2.75, 3.05) is 77.6 Å². The number of halogens is 3. The number of nitrogens with zero attached hydrogens (tertiary/aromatic N) is 4. The molecule has 15 heteroatoms. The van der Waals surface area contributed by atoms with Gasteiger partial charge < -0.3 is 19.8 Å². The number of nitro benzene ring substituents is 1. The van der Waals surface area contributed by atoms with E-state index in [1.54, 1.807) is 0 Å². The summed E-state index contributed by atoms with van der Waals surface area (Å²) in [5, 5.41) is 29.9. The van der Waals surface area contributed by atoms with Gasteiger partial charge in [-0.15, -0.1) is 0 Å². The lowest BCUT2D eigenvalue weighted by Gasteiger charge is -2.31. The quantitative estimate of drug-likeness (QED) is 0.326. The van der Waals surface area contributed by atoms with Crippen molar-refractivity contribution in [2.24, 2.45) is 0 Å². The van der Waals surface area contributed by atoms with Gasteiger partial charge in [0.25, 0.3) is 5.69 Å². The molecule has 2 N–H and O–H groups in total. The molecule has 1 aromatic rings. The van der Waals surface area contributed by atoms with Gasteiger partial charge in [-0.25, -0.2) is 8.42 Å². The Kier molecular flexibility index (Phi) is 9.39. The van der Waals surface area contributed by atoms with E-state index in [0.717, 1.165) is 9.21 Å². The highest BCUT2D eigenvalue weighted by molar-refractivity contribution is 7.89. The summed E-state index contributed by atoms with van der Waals surface area (Å²) in [5.41, 5.74) is -3.44. The number of morpholine rings is 1. The van der Waals surface area contributed by atoms with Crippen LogP contribution >= 0.6 is 0 Å². The third-order valence-corrected chi connectivity index (χ3v) is 7.03. The highest BCUT2D eigenvalue weighted by atomic mass is 32.2. The minimum Gasteiger partial charge on any atom is -0.395 e. The van der Waals surface area contributed by atoms with Gasteiger partial charge in [0.15, 0.2) is 0 Å². The largest absolute Gasteiger partial charge is 0.418 e. The lowest BCUT2D eigenvalue weighted by Crippen LogP contribution is -2.42. The van der Waals surface area contributed by atoms with Crippen LogP contribution in [0.4, 0.5) is 24.5 Å². The number of hydrogen-bond acceptors (Lipinski definition) is 9.